The van der Waals surface area contributed by atoms with Crippen LogP contribution in [0.4, 0.5) is 0 Å². The van der Waals surface area contributed by atoms with Crippen LogP contribution in [0.25, 0.3) is 0 Å². The fraction of sp³-hybridized carbons (Fsp3) is 1.00. The molecule has 1 unspecified atom stereocenters. The Hall–Kier alpha value is 0.270. The summed E-state index contributed by atoms with van der Waals surface area (Å²) >= 11 is 1.95. The van der Waals surface area contributed by atoms with Gasteiger partial charge in [0.1, 0.15) is 0 Å². The summed E-state index contributed by atoms with van der Waals surface area (Å²) < 4.78 is 0. The van der Waals surface area contributed by atoms with Crippen molar-refractivity contribution < 1.29 is 5.11 Å². The molecule has 1 saturated carbocycles. The van der Waals surface area contributed by atoms with Gasteiger partial charge < -0.3 is 10.4 Å². The van der Waals surface area contributed by atoms with E-state index in [1.165, 1.54) is 31.4 Å². The number of hydrogen-bond donors (Lipinski definition) is 2. The molecule has 0 aromatic heterocycles. The summed E-state index contributed by atoms with van der Waals surface area (Å²) in [7, 11) is 0. The van der Waals surface area contributed by atoms with Gasteiger partial charge in [-0.1, -0.05) is 13.8 Å². The third-order valence-corrected chi connectivity index (χ3v) is 4.42. The molecule has 0 aliphatic heterocycles. The molecule has 0 aromatic carbocycles. The van der Waals surface area contributed by atoms with Gasteiger partial charge in [0.2, 0.25) is 0 Å². The Morgan fingerprint density at radius 3 is 2.59 bits per heavy atom. The maximum atomic E-state index is 8.69. The molecule has 0 saturated heterocycles. The van der Waals surface area contributed by atoms with Crippen molar-refractivity contribution in [3.63, 3.8) is 0 Å². The van der Waals surface area contributed by atoms with Crippen molar-refractivity contribution in [2.24, 2.45) is 11.8 Å². The molecule has 1 atom stereocenters. The standard InChI is InChI=1S/C14H29NOS/c1-12(2)4-7-14(13-5-6-13)15-8-11-17-10-3-9-16/h12-16H,3-11H2,1-2H3. The van der Waals surface area contributed by atoms with Crippen molar-refractivity contribution in [1.82, 2.24) is 5.32 Å². The lowest BCUT2D eigenvalue weighted by Crippen LogP contribution is -2.33. The van der Waals surface area contributed by atoms with Crippen molar-refractivity contribution in [3.8, 4) is 0 Å². The van der Waals surface area contributed by atoms with E-state index in [1.54, 1.807) is 0 Å². The molecular weight excluding hydrogens is 230 g/mol. The average Bonchev–Trinajstić information content (AvgIpc) is 3.11. The quantitative estimate of drug-likeness (QED) is 0.560. The van der Waals surface area contributed by atoms with Gasteiger partial charge in [0.15, 0.2) is 0 Å². The molecule has 17 heavy (non-hydrogen) atoms. The van der Waals surface area contributed by atoms with E-state index < -0.39 is 0 Å². The SMILES string of the molecule is CC(C)CCC(NCCSCCCO)C1CC1. The Bertz CT molecular complexity index is 183. The highest BCUT2D eigenvalue weighted by Crippen LogP contribution is 2.34. The fourth-order valence-corrected chi connectivity index (χ4v) is 2.90. The third-order valence-electron chi connectivity index (χ3n) is 3.35. The summed E-state index contributed by atoms with van der Waals surface area (Å²) in [6, 6.07) is 0.774. The number of aliphatic hydroxyl groups is 1. The van der Waals surface area contributed by atoms with Crippen molar-refractivity contribution in [1.29, 1.82) is 0 Å². The van der Waals surface area contributed by atoms with Crippen LogP contribution in [0, 0.1) is 11.8 Å². The maximum absolute atomic E-state index is 8.69. The zero-order valence-corrected chi connectivity index (χ0v) is 12.3. The first-order valence-electron chi connectivity index (χ1n) is 7.16. The Morgan fingerprint density at radius 1 is 1.24 bits per heavy atom. The van der Waals surface area contributed by atoms with Crippen LogP contribution in [-0.2, 0) is 0 Å². The molecule has 0 amide bonds. The van der Waals surface area contributed by atoms with Crippen molar-refractivity contribution in [2.75, 3.05) is 24.7 Å². The second-order valence-corrected chi connectivity index (χ2v) is 6.78. The predicted octanol–water partition coefficient (Wildman–Crippen LogP) is 2.91. The molecule has 2 N–H and O–H groups in total. The smallest absolute Gasteiger partial charge is 0.0438 e. The lowest BCUT2D eigenvalue weighted by atomic mass is 10.0. The van der Waals surface area contributed by atoms with E-state index in [1.807, 2.05) is 11.8 Å². The first-order valence-corrected chi connectivity index (χ1v) is 8.31. The molecule has 1 aliphatic carbocycles. The topological polar surface area (TPSA) is 32.3 Å². The minimum absolute atomic E-state index is 0.333. The number of aliphatic hydroxyl groups excluding tert-OH is 1. The second kappa shape index (κ2) is 9.23. The average molecular weight is 259 g/mol. The first-order chi connectivity index (χ1) is 8.24. The minimum atomic E-state index is 0.333. The Labute approximate surface area is 111 Å². The number of rotatable bonds is 11. The lowest BCUT2D eigenvalue weighted by Gasteiger charge is -2.19. The first kappa shape index (κ1) is 15.3. The predicted molar refractivity (Wildman–Crippen MR) is 77.6 cm³/mol. The highest BCUT2D eigenvalue weighted by molar-refractivity contribution is 7.99. The van der Waals surface area contributed by atoms with Crippen LogP contribution in [-0.4, -0.2) is 35.8 Å². The summed E-state index contributed by atoms with van der Waals surface area (Å²) in [4.78, 5) is 0. The lowest BCUT2D eigenvalue weighted by molar-refractivity contribution is 0.296. The van der Waals surface area contributed by atoms with Gasteiger partial charge in [-0.05, 0) is 49.7 Å². The molecule has 3 heteroatoms. The molecule has 0 bridgehead atoms. The van der Waals surface area contributed by atoms with Gasteiger partial charge in [0, 0.05) is 24.9 Å². The van der Waals surface area contributed by atoms with E-state index in [0.717, 1.165) is 36.6 Å². The minimum Gasteiger partial charge on any atom is -0.396 e. The van der Waals surface area contributed by atoms with Crippen molar-refractivity contribution >= 4 is 11.8 Å². The summed E-state index contributed by atoms with van der Waals surface area (Å²) in [5.41, 5.74) is 0. The summed E-state index contributed by atoms with van der Waals surface area (Å²) in [6.45, 7) is 6.10. The summed E-state index contributed by atoms with van der Waals surface area (Å²) in [6.07, 6.45) is 6.51. The van der Waals surface area contributed by atoms with Crippen LogP contribution in [0.5, 0.6) is 0 Å². The molecule has 1 fully saturated rings. The van der Waals surface area contributed by atoms with E-state index in [9.17, 15) is 0 Å². The maximum Gasteiger partial charge on any atom is 0.0438 e. The van der Waals surface area contributed by atoms with Crippen LogP contribution in [0.2, 0.25) is 0 Å². The highest BCUT2D eigenvalue weighted by atomic mass is 32.2. The molecule has 2 nitrogen and oxygen atoms in total. The van der Waals surface area contributed by atoms with E-state index in [0.29, 0.717) is 6.61 Å². The van der Waals surface area contributed by atoms with E-state index in [4.69, 9.17) is 5.11 Å². The van der Waals surface area contributed by atoms with Gasteiger partial charge in [0.25, 0.3) is 0 Å². The number of hydrogen-bond acceptors (Lipinski definition) is 3. The zero-order valence-electron chi connectivity index (χ0n) is 11.5. The molecular formula is C14H29NOS. The number of thioether (sulfide) groups is 1. The summed E-state index contributed by atoms with van der Waals surface area (Å²) in [5, 5.41) is 12.4. The largest absolute Gasteiger partial charge is 0.396 e. The Kier molecular flexibility index (Phi) is 8.33. The summed E-state index contributed by atoms with van der Waals surface area (Å²) in [5.74, 6) is 4.08. The van der Waals surface area contributed by atoms with E-state index in [-0.39, 0.29) is 0 Å². The molecule has 102 valence electrons. The second-order valence-electron chi connectivity index (χ2n) is 5.56. The monoisotopic (exact) mass is 259 g/mol. The molecule has 1 aliphatic rings. The molecule has 0 spiro atoms. The van der Waals surface area contributed by atoms with Crippen LogP contribution >= 0.6 is 11.8 Å². The number of nitrogens with one attached hydrogen (secondary N) is 1. The highest BCUT2D eigenvalue weighted by Gasteiger charge is 2.30. The molecule has 0 heterocycles. The van der Waals surface area contributed by atoms with E-state index in [2.05, 4.69) is 19.2 Å². The van der Waals surface area contributed by atoms with E-state index >= 15 is 0 Å². The van der Waals surface area contributed by atoms with Crippen LogP contribution in [0.1, 0.15) is 46.0 Å². The van der Waals surface area contributed by atoms with Crippen LogP contribution < -0.4 is 5.32 Å². The molecule has 1 rings (SSSR count). The van der Waals surface area contributed by atoms with Gasteiger partial charge >= 0.3 is 0 Å². The van der Waals surface area contributed by atoms with Gasteiger partial charge in [0.05, 0.1) is 0 Å². The zero-order chi connectivity index (χ0) is 12.5. The van der Waals surface area contributed by atoms with Crippen molar-refractivity contribution in [3.05, 3.63) is 0 Å². The Morgan fingerprint density at radius 2 is 2.00 bits per heavy atom. The Balaban J connectivity index is 2.00. The van der Waals surface area contributed by atoms with Crippen LogP contribution in [0.15, 0.2) is 0 Å². The van der Waals surface area contributed by atoms with Gasteiger partial charge in [-0.2, -0.15) is 11.8 Å². The fourth-order valence-electron chi connectivity index (χ4n) is 2.10. The molecule has 0 aromatic rings. The van der Waals surface area contributed by atoms with Gasteiger partial charge in [-0.3, -0.25) is 0 Å². The third kappa shape index (κ3) is 8.06. The van der Waals surface area contributed by atoms with Crippen LogP contribution in [0.3, 0.4) is 0 Å². The van der Waals surface area contributed by atoms with Crippen molar-refractivity contribution in [2.45, 2.75) is 52.0 Å². The normalized spacial score (nSPS) is 17.6. The van der Waals surface area contributed by atoms with Gasteiger partial charge in [-0.15, -0.1) is 0 Å². The molecule has 0 radical (unpaired) electrons. The van der Waals surface area contributed by atoms with Gasteiger partial charge in [-0.25, -0.2) is 0 Å².